The van der Waals surface area contributed by atoms with E-state index in [-0.39, 0.29) is 17.0 Å². The lowest BCUT2D eigenvalue weighted by atomic mass is 10.0. The highest BCUT2D eigenvalue weighted by molar-refractivity contribution is 4.50. The first-order valence-electron chi connectivity index (χ1n) is 11.4. The number of unbranched alkanes of at least 4 members (excludes halogenated alkanes) is 15. The van der Waals surface area contributed by atoms with Crippen molar-refractivity contribution < 1.29 is 26.2 Å². The predicted octanol–water partition coefficient (Wildman–Crippen LogP) is 3.97. The Labute approximate surface area is 176 Å². The average Bonchev–Trinajstić information content (AvgIpc) is 2.56. The minimum atomic E-state index is 0. The Bertz CT molecular complexity index is 253. The van der Waals surface area contributed by atoms with Crippen LogP contribution >= 0.6 is 0 Å². The Morgan fingerprint density at radius 2 is 0.846 bits per heavy atom. The minimum absolute atomic E-state index is 0. The molecule has 0 aliphatic heterocycles. The minimum Gasteiger partial charge on any atom is -1.00 e. The Hall–Kier alpha value is 0.400. The molecule has 0 aromatic carbocycles. The van der Waals surface area contributed by atoms with E-state index in [4.69, 9.17) is 4.74 Å². The molecule has 0 rings (SSSR count). The molecule has 0 aromatic rings. The lowest BCUT2D eigenvalue weighted by molar-refractivity contribution is -0.870. The predicted molar refractivity (Wildman–Crippen MR) is 113 cm³/mol. The number of rotatable bonds is 20. The van der Waals surface area contributed by atoms with E-state index in [1.807, 2.05) is 0 Å². The second-order valence-electron chi connectivity index (χ2n) is 8.93. The smallest absolute Gasteiger partial charge is 0.102 e. The molecule has 0 fully saturated rings. The monoisotopic (exact) mass is 435 g/mol. The third-order valence-corrected chi connectivity index (χ3v) is 5.05. The number of likely N-dealkylation sites (N-methyl/N-ethyl adjacent to an activating group) is 1. The van der Waals surface area contributed by atoms with Gasteiger partial charge in [-0.25, -0.2) is 0 Å². The van der Waals surface area contributed by atoms with Crippen LogP contribution in [0.25, 0.3) is 0 Å². The van der Waals surface area contributed by atoms with Crippen molar-refractivity contribution in [1.29, 1.82) is 0 Å². The summed E-state index contributed by atoms with van der Waals surface area (Å²) in [5.41, 5.74) is 0. The van der Waals surface area contributed by atoms with E-state index >= 15 is 0 Å². The fourth-order valence-corrected chi connectivity index (χ4v) is 3.19. The zero-order valence-electron chi connectivity index (χ0n) is 18.7. The summed E-state index contributed by atoms with van der Waals surface area (Å²) in [6, 6.07) is 0. The van der Waals surface area contributed by atoms with Crippen LogP contribution < -0.4 is 17.0 Å². The maximum Gasteiger partial charge on any atom is 0.102 e. The van der Waals surface area contributed by atoms with Crippen molar-refractivity contribution >= 4 is 0 Å². The molecule has 0 heterocycles. The van der Waals surface area contributed by atoms with E-state index in [9.17, 15) is 0 Å². The third-order valence-electron chi connectivity index (χ3n) is 5.05. The first kappa shape index (κ1) is 28.6. The van der Waals surface area contributed by atoms with E-state index < -0.39 is 0 Å². The van der Waals surface area contributed by atoms with Gasteiger partial charge < -0.3 is 26.2 Å². The molecule has 0 spiro atoms. The van der Waals surface area contributed by atoms with Gasteiger partial charge in [-0.3, -0.25) is 0 Å². The molecular formula is C23H50BrNO. The summed E-state index contributed by atoms with van der Waals surface area (Å²) < 4.78 is 6.71. The van der Waals surface area contributed by atoms with Crippen LogP contribution in [0.1, 0.15) is 110 Å². The summed E-state index contributed by atoms with van der Waals surface area (Å²) in [5.74, 6) is 0. The largest absolute Gasteiger partial charge is 1.00 e. The van der Waals surface area contributed by atoms with Crippen LogP contribution in [-0.2, 0) is 4.74 Å². The second-order valence-corrected chi connectivity index (χ2v) is 8.93. The van der Waals surface area contributed by atoms with Gasteiger partial charge in [0.1, 0.15) is 6.54 Å². The fraction of sp³-hybridized carbons (Fsp3) is 1.00. The van der Waals surface area contributed by atoms with Crippen LogP contribution in [0, 0.1) is 0 Å². The van der Waals surface area contributed by atoms with Gasteiger partial charge in [-0.15, -0.1) is 0 Å². The molecule has 0 amide bonds. The van der Waals surface area contributed by atoms with Crippen molar-refractivity contribution in [2.24, 2.45) is 0 Å². The van der Waals surface area contributed by atoms with E-state index in [1.54, 1.807) is 0 Å². The van der Waals surface area contributed by atoms with Gasteiger partial charge in [-0.1, -0.05) is 103 Å². The molecule has 160 valence electrons. The van der Waals surface area contributed by atoms with E-state index in [0.717, 1.165) is 24.2 Å². The maximum absolute atomic E-state index is 5.71. The summed E-state index contributed by atoms with van der Waals surface area (Å²) in [5, 5.41) is 0. The van der Waals surface area contributed by atoms with Crippen LogP contribution in [0.2, 0.25) is 0 Å². The Morgan fingerprint density at radius 1 is 0.500 bits per heavy atom. The van der Waals surface area contributed by atoms with Gasteiger partial charge in [-0.2, -0.15) is 0 Å². The number of quaternary nitrogens is 1. The van der Waals surface area contributed by atoms with Crippen molar-refractivity contribution in [1.82, 2.24) is 0 Å². The van der Waals surface area contributed by atoms with Crippen molar-refractivity contribution in [2.75, 3.05) is 40.9 Å². The van der Waals surface area contributed by atoms with Gasteiger partial charge in [0.25, 0.3) is 0 Å². The van der Waals surface area contributed by atoms with Crippen LogP contribution in [0.15, 0.2) is 0 Å². The second kappa shape index (κ2) is 21.7. The first-order chi connectivity index (χ1) is 12.1. The zero-order valence-corrected chi connectivity index (χ0v) is 20.3. The van der Waals surface area contributed by atoms with Gasteiger partial charge in [-0.05, 0) is 6.42 Å². The van der Waals surface area contributed by atoms with Crippen molar-refractivity contribution in [3.05, 3.63) is 0 Å². The molecular weight excluding hydrogens is 386 g/mol. The quantitative estimate of drug-likeness (QED) is 0.207. The summed E-state index contributed by atoms with van der Waals surface area (Å²) in [6.45, 7) is 5.27. The average molecular weight is 437 g/mol. The third kappa shape index (κ3) is 26.6. The molecule has 0 unspecified atom stereocenters. The summed E-state index contributed by atoms with van der Waals surface area (Å²) in [7, 11) is 6.66. The highest BCUT2D eigenvalue weighted by Gasteiger charge is 2.05. The summed E-state index contributed by atoms with van der Waals surface area (Å²) in [6.07, 6.45) is 22.9. The molecule has 26 heavy (non-hydrogen) atoms. The lowest BCUT2D eigenvalue weighted by Crippen LogP contribution is -3.00. The van der Waals surface area contributed by atoms with Crippen LogP contribution in [-0.4, -0.2) is 45.4 Å². The van der Waals surface area contributed by atoms with Gasteiger partial charge in [0.2, 0.25) is 0 Å². The number of hydrogen-bond donors (Lipinski definition) is 0. The molecule has 0 atom stereocenters. The Balaban J connectivity index is 0. The molecule has 3 heteroatoms. The lowest BCUT2D eigenvalue weighted by Gasteiger charge is -2.23. The summed E-state index contributed by atoms with van der Waals surface area (Å²) in [4.78, 5) is 0. The molecule has 0 radical (unpaired) electrons. The van der Waals surface area contributed by atoms with Crippen LogP contribution in [0.5, 0.6) is 0 Å². The number of hydrogen-bond acceptors (Lipinski definition) is 1. The van der Waals surface area contributed by atoms with Crippen LogP contribution in [0.3, 0.4) is 0 Å². The molecule has 2 nitrogen and oxygen atoms in total. The number of nitrogens with zero attached hydrogens (tertiary/aromatic N) is 1. The molecule has 0 N–H and O–H groups in total. The molecule has 0 saturated heterocycles. The molecule has 0 aliphatic rings. The first-order valence-corrected chi connectivity index (χ1v) is 11.4. The number of halogens is 1. The Morgan fingerprint density at radius 3 is 1.19 bits per heavy atom. The molecule has 0 saturated carbocycles. The highest BCUT2D eigenvalue weighted by atomic mass is 79.9. The Kier molecular flexibility index (Phi) is 23.9. The standard InChI is InChI=1S/C23H50NO.BrH/c1-5-6-7-8-9-10-11-12-13-14-15-16-17-18-19-20-22-25-23-21-24(2,3)4;/h5-23H2,1-4H3;1H/q+1;/p-1. The molecule has 0 bridgehead atoms. The highest BCUT2D eigenvalue weighted by Crippen LogP contribution is 2.13. The molecule has 0 aromatic heterocycles. The van der Waals surface area contributed by atoms with E-state index in [2.05, 4.69) is 28.1 Å². The SMILES string of the molecule is CCCCCCCCCCCCCCCCCCOCC[N+](C)(C)C.[Br-]. The van der Waals surface area contributed by atoms with E-state index in [1.165, 1.54) is 103 Å². The maximum atomic E-state index is 5.71. The summed E-state index contributed by atoms with van der Waals surface area (Å²) >= 11 is 0. The molecule has 0 aliphatic carbocycles. The van der Waals surface area contributed by atoms with Crippen molar-refractivity contribution in [3.8, 4) is 0 Å². The van der Waals surface area contributed by atoms with Gasteiger partial charge in [0.15, 0.2) is 0 Å². The topological polar surface area (TPSA) is 9.23 Å². The van der Waals surface area contributed by atoms with Crippen molar-refractivity contribution in [3.63, 3.8) is 0 Å². The van der Waals surface area contributed by atoms with E-state index in [0.29, 0.717) is 0 Å². The zero-order chi connectivity index (χ0) is 18.6. The van der Waals surface area contributed by atoms with Crippen molar-refractivity contribution in [2.45, 2.75) is 110 Å². The fourth-order valence-electron chi connectivity index (χ4n) is 3.19. The number of ether oxygens (including phenoxy) is 1. The van der Waals surface area contributed by atoms with Gasteiger partial charge in [0, 0.05) is 6.61 Å². The van der Waals surface area contributed by atoms with Gasteiger partial charge in [0.05, 0.1) is 27.7 Å². The normalized spacial score (nSPS) is 11.5. The van der Waals surface area contributed by atoms with Crippen LogP contribution in [0.4, 0.5) is 0 Å². The van der Waals surface area contributed by atoms with Gasteiger partial charge >= 0.3 is 0 Å².